The predicted octanol–water partition coefficient (Wildman–Crippen LogP) is 7.10. The number of hydrogen-bond donors (Lipinski definition) is 2. The summed E-state index contributed by atoms with van der Waals surface area (Å²) < 4.78 is 25.0. The van der Waals surface area contributed by atoms with Crippen LogP contribution in [0.25, 0.3) is 0 Å². The molecule has 2 aliphatic rings. The summed E-state index contributed by atoms with van der Waals surface area (Å²) in [6, 6.07) is 8.38. The van der Waals surface area contributed by atoms with E-state index in [1.165, 1.54) is 11.1 Å². The van der Waals surface area contributed by atoms with Crippen molar-refractivity contribution in [1.29, 1.82) is 0 Å². The number of phenolic OH excluding ortho intramolecular Hbond substituents is 2. The van der Waals surface area contributed by atoms with Crippen molar-refractivity contribution in [3.05, 3.63) is 57.6 Å². The largest absolute Gasteiger partial charge is 0.507 e. The second kappa shape index (κ2) is 11.9. The van der Waals surface area contributed by atoms with Gasteiger partial charge in [0, 0.05) is 11.8 Å². The van der Waals surface area contributed by atoms with Crippen LogP contribution in [0, 0.1) is 31.1 Å². The smallest absolute Gasteiger partial charge is 0.160 e. The van der Waals surface area contributed by atoms with Crippen molar-refractivity contribution in [1.82, 2.24) is 0 Å². The molecule has 2 aliphatic heterocycles. The van der Waals surface area contributed by atoms with E-state index >= 15 is 0 Å². The molecule has 2 heterocycles. The predicted molar refractivity (Wildman–Crippen MR) is 163 cm³/mol. The molecule has 0 amide bonds. The lowest BCUT2D eigenvalue weighted by molar-refractivity contribution is -0.317. The molecule has 228 valence electrons. The first-order valence-corrected chi connectivity index (χ1v) is 15.1. The van der Waals surface area contributed by atoms with Gasteiger partial charge in [-0.15, -0.1) is 0 Å². The number of phenols is 2. The summed E-state index contributed by atoms with van der Waals surface area (Å²) in [5.74, 6) is 1.10. The number of ether oxygens (including phenoxy) is 4. The summed E-state index contributed by atoms with van der Waals surface area (Å²) in [5, 5.41) is 21.2. The van der Waals surface area contributed by atoms with Gasteiger partial charge in [0.05, 0.1) is 31.8 Å². The van der Waals surface area contributed by atoms with Crippen molar-refractivity contribution in [2.45, 2.75) is 105 Å². The van der Waals surface area contributed by atoms with Crippen LogP contribution in [0.3, 0.4) is 0 Å². The van der Waals surface area contributed by atoms with Gasteiger partial charge < -0.3 is 29.2 Å². The maximum Gasteiger partial charge on any atom is 0.160 e. The van der Waals surface area contributed by atoms with Gasteiger partial charge in [-0.05, 0) is 70.9 Å². The zero-order valence-corrected chi connectivity index (χ0v) is 26.9. The molecule has 6 nitrogen and oxygen atoms in total. The molecule has 0 radical (unpaired) electrons. The highest BCUT2D eigenvalue weighted by Gasteiger charge is 2.44. The molecule has 41 heavy (non-hydrogen) atoms. The Labute approximate surface area is 247 Å². The molecule has 0 bridgehead atoms. The maximum atomic E-state index is 10.6. The van der Waals surface area contributed by atoms with E-state index in [9.17, 15) is 10.2 Å². The van der Waals surface area contributed by atoms with E-state index in [2.05, 4.69) is 79.7 Å². The van der Waals surface area contributed by atoms with E-state index in [1.54, 1.807) is 0 Å². The lowest BCUT2D eigenvalue weighted by atomic mass is 9.83. The zero-order valence-electron chi connectivity index (χ0n) is 26.9. The fourth-order valence-electron chi connectivity index (χ4n) is 6.06. The van der Waals surface area contributed by atoms with Gasteiger partial charge in [-0.1, -0.05) is 79.7 Å². The lowest BCUT2D eigenvalue weighted by Crippen LogP contribution is -2.54. The van der Waals surface area contributed by atoms with Crippen LogP contribution in [0.15, 0.2) is 24.3 Å². The Bertz CT molecular complexity index is 1110. The standard InChI is InChI=1S/C35H52O6/c1-21-11-25(15-27(29(21)36)33(5,6)7)13-23(3)31-38-17-35(18-39-31)19-40-32(41-20-35)24(4)14-26-12-22(2)30(37)28(16-26)34(8,9)10/h11-12,15-16,23-24,31-32,36-37H,13-14,17-20H2,1-10H3. The molecule has 2 saturated heterocycles. The van der Waals surface area contributed by atoms with E-state index in [1.807, 2.05) is 13.8 Å². The van der Waals surface area contributed by atoms with Gasteiger partial charge in [-0.3, -0.25) is 0 Å². The topological polar surface area (TPSA) is 77.4 Å². The SMILES string of the molecule is Cc1cc(CC(C)C2OCC3(CO2)COC(C(C)Cc2cc(C)c(O)c(C(C)(C)C)c2)OC3)cc(C(C)(C)C)c1O. The van der Waals surface area contributed by atoms with Crippen LogP contribution >= 0.6 is 0 Å². The van der Waals surface area contributed by atoms with Gasteiger partial charge in [0.1, 0.15) is 11.5 Å². The van der Waals surface area contributed by atoms with Gasteiger partial charge in [0.15, 0.2) is 12.6 Å². The Morgan fingerprint density at radius 1 is 0.659 bits per heavy atom. The van der Waals surface area contributed by atoms with Crippen molar-refractivity contribution < 1.29 is 29.2 Å². The number of hydrogen-bond acceptors (Lipinski definition) is 6. The lowest BCUT2D eigenvalue weighted by Gasteiger charge is -2.45. The number of benzene rings is 2. The second-order valence-electron chi connectivity index (χ2n) is 15.0. The van der Waals surface area contributed by atoms with Crippen molar-refractivity contribution in [2.24, 2.45) is 17.3 Å². The van der Waals surface area contributed by atoms with E-state index < -0.39 is 0 Å². The van der Waals surface area contributed by atoms with Crippen molar-refractivity contribution >= 4 is 0 Å². The maximum absolute atomic E-state index is 10.6. The quantitative estimate of drug-likeness (QED) is 0.387. The minimum absolute atomic E-state index is 0.132. The van der Waals surface area contributed by atoms with E-state index in [0.717, 1.165) is 35.1 Å². The van der Waals surface area contributed by atoms with E-state index in [4.69, 9.17) is 18.9 Å². The molecule has 2 fully saturated rings. The summed E-state index contributed by atoms with van der Waals surface area (Å²) in [6.07, 6.45) is 1.03. The van der Waals surface area contributed by atoms with Crippen LogP contribution in [0.2, 0.25) is 0 Å². The van der Waals surface area contributed by atoms with Crippen molar-refractivity contribution in [2.75, 3.05) is 26.4 Å². The summed E-state index contributed by atoms with van der Waals surface area (Å²) in [4.78, 5) is 0. The molecule has 0 saturated carbocycles. The normalized spacial score (nSPS) is 25.3. The van der Waals surface area contributed by atoms with Crippen molar-refractivity contribution in [3.63, 3.8) is 0 Å². The minimum atomic E-state index is -0.296. The van der Waals surface area contributed by atoms with Gasteiger partial charge in [-0.25, -0.2) is 0 Å². The Hall–Kier alpha value is -2.12. The molecule has 1 spiro atoms. The Balaban J connectivity index is 1.31. The molecule has 0 aliphatic carbocycles. The van der Waals surface area contributed by atoms with Crippen molar-refractivity contribution in [3.8, 4) is 11.5 Å². The van der Waals surface area contributed by atoms with Crippen LogP contribution in [-0.2, 0) is 42.6 Å². The van der Waals surface area contributed by atoms with Crippen LogP contribution in [-0.4, -0.2) is 49.2 Å². The third-order valence-corrected chi connectivity index (χ3v) is 8.60. The van der Waals surface area contributed by atoms with E-state index in [-0.39, 0.29) is 40.7 Å². The van der Waals surface area contributed by atoms with Crippen LogP contribution in [0.1, 0.15) is 88.8 Å². The highest BCUT2D eigenvalue weighted by Crippen LogP contribution is 2.38. The summed E-state index contributed by atoms with van der Waals surface area (Å²) in [6.45, 7) is 23.1. The fourth-order valence-corrected chi connectivity index (χ4v) is 6.06. The Morgan fingerprint density at radius 3 is 1.27 bits per heavy atom. The first-order valence-electron chi connectivity index (χ1n) is 15.1. The third kappa shape index (κ3) is 7.27. The van der Waals surface area contributed by atoms with Gasteiger partial charge in [0.2, 0.25) is 0 Å². The highest BCUT2D eigenvalue weighted by molar-refractivity contribution is 5.47. The highest BCUT2D eigenvalue weighted by atomic mass is 16.7. The first kappa shape index (κ1) is 31.8. The molecule has 2 unspecified atom stereocenters. The van der Waals surface area contributed by atoms with Crippen LogP contribution in [0.4, 0.5) is 0 Å². The van der Waals surface area contributed by atoms with Crippen LogP contribution in [0.5, 0.6) is 11.5 Å². The Kier molecular flexibility index (Phi) is 9.21. The third-order valence-electron chi connectivity index (χ3n) is 8.60. The minimum Gasteiger partial charge on any atom is -0.507 e. The van der Waals surface area contributed by atoms with Gasteiger partial charge in [-0.2, -0.15) is 0 Å². The number of aryl methyl sites for hydroxylation is 2. The first-order chi connectivity index (χ1) is 19.0. The number of aromatic hydroxyl groups is 2. The summed E-state index contributed by atoms with van der Waals surface area (Å²) >= 11 is 0. The van der Waals surface area contributed by atoms with Crippen LogP contribution < -0.4 is 0 Å². The molecule has 2 aromatic rings. The Morgan fingerprint density at radius 2 is 0.976 bits per heavy atom. The molecule has 0 aromatic heterocycles. The molecule has 4 rings (SSSR count). The van der Waals surface area contributed by atoms with Gasteiger partial charge in [0.25, 0.3) is 0 Å². The average Bonchev–Trinajstić information content (AvgIpc) is 2.87. The molecular formula is C35H52O6. The molecule has 2 aromatic carbocycles. The monoisotopic (exact) mass is 568 g/mol. The number of rotatable bonds is 6. The molecular weight excluding hydrogens is 516 g/mol. The second-order valence-corrected chi connectivity index (χ2v) is 15.0. The van der Waals surface area contributed by atoms with E-state index in [0.29, 0.717) is 37.9 Å². The average molecular weight is 569 g/mol. The summed E-state index contributed by atoms with van der Waals surface area (Å²) in [7, 11) is 0. The summed E-state index contributed by atoms with van der Waals surface area (Å²) in [5.41, 5.74) is 5.56. The fraction of sp³-hybridized carbons (Fsp3) is 0.657. The molecule has 2 N–H and O–H groups in total. The van der Waals surface area contributed by atoms with Gasteiger partial charge >= 0.3 is 0 Å². The molecule has 6 heteroatoms. The molecule has 2 atom stereocenters. The zero-order chi connectivity index (χ0) is 30.3.